The zero-order valence-electron chi connectivity index (χ0n) is 12.7. The van der Waals surface area contributed by atoms with Crippen molar-refractivity contribution in [3.8, 4) is 0 Å². The Morgan fingerprint density at radius 2 is 1.95 bits per heavy atom. The standard InChI is InChI=1S/C16H19FN4O/c1-3-8-18-15-9-14(20-11(2)21-15)16(22)19-10-12-4-6-13(17)7-5-12/h4-7,9H,3,8,10H2,1-2H3,(H,19,22)(H,18,20,21). The summed E-state index contributed by atoms with van der Waals surface area (Å²) < 4.78 is 12.8. The monoisotopic (exact) mass is 302 g/mol. The van der Waals surface area contributed by atoms with E-state index >= 15 is 0 Å². The lowest BCUT2D eigenvalue weighted by Gasteiger charge is -2.08. The molecule has 0 atom stereocenters. The molecule has 0 saturated carbocycles. The number of benzene rings is 1. The fraction of sp³-hybridized carbons (Fsp3) is 0.312. The van der Waals surface area contributed by atoms with Crippen LogP contribution in [0.1, 0.15) is 35.2 Å². The van der Waals surface area contributed by atoms with Crippen LogP contribution in [0.4, 0.5) is 10.2 Å². The van der Waals surface area contributed by atoms with Gasteiger partial charge in [-0.25, -0.2) is 14.4 Å². The molecule has 6 heteroatoms. The van der Waals surface area contributed by atoms with E-state index in [-0.39, 0.29) is 11.7 Å². The minimum atomic E-state index is -0.298. The molecule has 2 N–H and O–H groups in total. The van der Waals surface area contributed by atoms with Gasteiger partial charge in [-0.05, 0) is 31.0 Å². The summed E-state index contributed by atoms with van der Waals surface area (Å²) in [5, 5.41) is 5.90. The second-order valence-electron chi connectivity index (χ2n) is 4.92. The van der Waals surface area contributed by atoms with Crippen molar-refractivity contribution in [2.75, 3.05) is 11.9 Å². The summed E-state index contributed by atoms with van der Waals surface area (Å²) in [5.74, 6) is 0.594. The van der Waals surface area contributed by atoms with Crippen molar-refractivity contribution in [2.45, 2.75) is 26.8 Å². The maximum Gasteiger partial charge on any atom is 0.270 e. The van der Waals surface area contributed by atoms with Gasteiger partial charge in [0.05, 0.1) is 0 Å². The van der Waals surface area contributed by atoms with Crippen LogP contribution >= 0.6 is 0 Å². The van der Waals surface area contributed by atoms with E-state index in [4.69, 9.17) is 0 Å². The van der Waals surface area contributed by atoms with Gasteiger partial charge in [0.1, 0.15) is 23.2 Å². The van der Waals surface area contributed by atoms with Gasteiger partial charge in [-0.15, -0.1) is 0 Å². The third-order valence-corrected chi connectivity index (χ3v) is 2.99. The molecule has 0 radical (unpaired) electrons. The van der Waals surface area contributed by atoms with E-state index < -0.39 is 0 Å². The smallest absolute Gasteiger partial charge is 0.270 e. The Morgan fingerprint density at radius 1 is 1.23 bits per heavy atom. The summed E-state index contributed by atoms with van der Waals surface area (Å²) in [7, 11) is 0. The number of carbonyl (C=O) groups excluding carboxylic acids is 1. The first-order chi connectivity index (χ1) is 10.6. The fourth-order valence-electron chi connectivity index (χ4n) is 1.90. The molecule has 1 aromatic carbocycles. The van der Waals surface area contributed by atoms with E-state index in [1.807, 2.05) is 0 Å². The van der Waals surface area contributed by atoms with Crippen LogP contribution in [-0.2, 0) is 6.54 Å². The highest BCUT2D eigenvalue weighted by Gasteiger charge is 2.10. The highest BCUT2D eigenvalue weighted by Crippen LogP contribution is 2.08. The average molecular weight is 302 g/mol. The summed E-state index contributed by atoms with van der Waals surface area (Å²) in [6.07, 6.45) is 0.967. The third-order valence-electron chi connectivity index (χ3n) is 2.99. The molecule has 2 rings (SSSR count). The van der Waals surface area contributed by atoms with E-state index in [0.29, 0.717) is 23.9 Å². The van der Waals surface area contributed by atoms with Crippen LogP contribution in [0.25, 0.3) is 0 Å². The van der Waals surface area contributed by atoms with Crippen LogP contribution in [0.3, 0.4) is 0 Å². The molecule has 0 unspecified atom stereocenters. The number of anilines is 1. The van der Waals surface area contributed by atoms with E-state index in [1.54, 1.807) is 25.1 Å². The highest BCUT2D eigenvalue weighted by molar-refractivity contribution is 5.92. The summed E-state index contributed by atoms with van der Waals surface area (Å²) in [6, 6.07) is 7.62. The van der Waals surface area contributed by atoms with Gasteiger partial charge in [0.15, 0.2) is 0 Å². The molecule has 1 amide bonds. The molecule has 0 aliphatic heterocycles. The van der Waals surface area contributed by atoms with Crippen molar-refractivity contribution in [2.24, 2.45) is 0 Å². The molecular weight excluding hydrogens is 283 g/mol. The molecule has 0 fully saturated rings. The Kier molecular flexibility index (Phi) is 5.41. The quantitative estimate of drug-likeness (QED) is 0.861. The fourth-order valence-corrected chi connectivity index (χ4v) is 1.90. The minimum Gasteiger partial charge on any atom is -0.370 e. The molecule has 1 heterocycles. The maximum atomic E-state index is 12.8. The predicted molar refractivity (Wildman–Crippen MR) is 83.1 cm³/mol. The van der Waals surface area contributed by atoms with Crippen molar-refractivity contribution in [3.05, 3.63) is 53.2 Å². The van der Waals surface area contributed by atoms with Crippen molar-refractivity contribution >= 4 is 11.7 Å². The largest absolute Gasteiger partial charge is 0.370 e. The first-order valence-electron chi connectivity index (χ1n) is 7.20. The van der Waals surface area contributed by atoms with Gasteiger partial charge in [-0.2, -0.15) is 0 Å². The van der Waals surface area contributed by atoms with Crippen LogP contribution in [0.5, 0.6) is 0 Å². The van der Waals surface area contributed by atoms with Gasteiger partial charge >= 0.3 is 0 Å². The molecule has 1 aromatic heterocycles. The average Bonchev–Trinajstić information content (AvgIpc) is 2.51. The van der Waals surface area contributed by atoms with Gasteiger partial charge in [-0.3, -0.25) is 4.79 Å². The van der Waals surface area contributed by atoms with Crippen LogP contribution in [0, 0.1) is 12.7 Å². The number of nitrogens with one attached hydrogen (secondary N) is 2. The molecule has 0 saturated heterocycles. The van der Waals surface area contributed by atoms with Gasteiger partial charge in [0.2, 0.25) is 0 Å². The SMILES string of the molecule is CCCNc1cc(C(=O)NCc2ccc(F)cc2)nc(C)n1. The second-order valence-corrected chi connectivity index (χ2v) is 4.92. The van der Waals surface area contributed by atoms with E-state index in [0.717, 1.165) is 18.5 Å². The molecule has 0 aliphatic carbocycles. The van der Waals surface area contributed by atoms with Crippen LogP contribution in [0.15, 0.2) is 30.3 Å². The number of aromatic nitrogens is 2. The number of rotatable bonds is 6. The molecular formula is C16H19FN4O. The lowest BCUT2D eigenvalue weighted by atomic mass is 10.2. The first kappa shape index (κ1) is 15.9. The Morgan fingerprint density at radius 3 is 2.64 bits per heavy atom. The molecule has 116 valence electrons. The summed E-state index contributed by atoms with van der Waals surface area (Å²) >= 11 is 0. The normalized spacial score (nSPS) is 10.3. The minimum absolute atomic E-state index is 0.283. The first-order valence-corrected chi connectivity index (χ1v) is 7.20. The van der Waals surface area contributed by atoms with Crippen molar-refractivity contribution in [1.29, 1.82) is 0 Å². The van der Waals surface area contributed by atoms with Gasteiger partial charge in [0.25, 0.3) is 5.91 Å². The molecule has 22 heavy (non-hydrogen) atoms. The Labute approximate surface area is 129 Å². The van der Waals surface area contributed by atoms with Crippen LogP contribution in [0.2, 0.25) is 0 Å². The van der Waals surface area contributed by atoms with Crippen molar-refractivity contribution in [3.63, 3.8) is 0 Å². The topological polar surface area (TPSA) is 66.9 Å². The van der Waals surface area contributed by atoms with E-state index in [2.05, 4.69) is 27.5 Å². The van der Waals surface area contributed by atoms with Crippen LogP contribution in [-0.4, -0.2) is 22.4 Å². The van der Waals surface area contributed by atoms with E-state index in [9.17, 15) is 9.18 Å². The number of hydrogen-bond donors (Lipinski definition) is 2. The highest BCUT2D eigenvalue weighted by atomic mass is 19.1. The van der Waals surface area contributed by atoms with E-state index in [1.165, 1.54) is 12.1 Å². The molecule has 0 spiro atoms. The maximum absolute atomic E-state index is 12.8. The number of aryl methyl sites for hydroxylation is 1. The summed E-state index contributed by atoms with van der Waals surface area (Å²) in [5.41, 5.74) is 1.14. The van der Waals surface area contributed by atoms with Gasteiger partial charge in [0, 0.05) is 19.2 Å². The molecule has 0 aliphatic rings. The van der Waals surface area contributed by atoms with Crippen LogP contribution < -0.4 is 10.6 Å². The molecule has 5 nitrogen and oxygen atoms in total. The second kappa shape index (κ2) is 7.49. The number of amides is 1. The Balaban J connectivity index is 2.02. The third kappa shape index (κ3) is 4.51. The number of nitrogens with zero attached hydrogens (tertiary/aromatic N) is 2. The van der Waals surface area contributed by atoms with Crippen molar-refractivity contribution < 1.29 is 9.18 Å². The Hall–Kier alpha value is -2.50. The van der Waals surface area contributed by atoms with Gasteiger partial charge in [-0.1, -0.05) is 19.1 Å². The zero-order chi connectivity index (χ0) is 15.9. The lowest BCUT2D eigenvalue weighted by Crippen LogP contribution is -2.24. The van der Waals surface area contributed by atoms with Gasteiger partial charge < -0.3 is 10.6 Å². The number of carbonyl (C=O) groups is 1. The number of halogens is 1. The lowest BCUT2D eigenvalue weighted by molar-refractivity contribution is 0.0945. The summed E-state index contributed by atoms with van der Waals surface area (Å²) in [6.45, 7) is 4.90. The number of hydrogen-bond acceptors (Lipinski definition) is 4. The summed E-state index contributed by atoms with van der Waals surface area (Å²) in [4.78, 5) is 20.5. The predicted octanol–water partition coefficient (Wildman–Crippen LogP) is 2.68. The zero-order valence-corrected chi connectivity index (χ0v) is 12.7. The van der Waals surface area contributed by atoms with Crippen molar-refractivity contribution in [1.82, 2.24) is 15.3 Å². The molecule has 2 aromatic rings. The molecule has 0 bridgehead atoms. The Bertz CT molecular complexity index is 643.